The number of carbonyl (C=O) groups is 1. The van der Waals surface area contributed by atoms with Crippen LogP contribution in [-0.4, -0.2) is 37.7 Å². The molecule has 0 saturated heterocycles. The van der Waals surface area contributed by atoms with E-state index >= 15 is 0 Å². The van der Waals surface area contributed by atoms with Crippen molar-refractivity contribution in [1.29, 1.82) is 0 Å². The summed E-state index contributed by atoms with van der Waals surface area (Å²) in [5, 5.41) is 5.84. The van der Waals surface area contributed by atoms with Crippen LogP contribution in [0.2, 0.25) is 0 Å². The second-order valence-electron chi connectivity index (χ2n) is 4.99. The third-order valence-electron chi connectivity index (χ3n) is 3.09. The van der Waals surface area contributed by atoms with E-state index in [9.17, 15) is 4.79 Å². The van der Waals surface area contributed by atoms with E-state index in [1.165, 1.54) is 0 Å². The van der Waals surface area contributed by atoms with Gasteiger partial charge in [-0.25, -0.2) is 0 Å². The Bertz CT molecular complexity index is 642. The highest BCUT2D eigenvalue weighted by atomic mass is 35.5. The van der Waals surface area contributed by atoms with Gasteiger partial charge in [0.25, 0.3) is 0 Å². The minimum atomic E-state index is -0.0959. The summed E-state index contributed by atoms with van der Waals surface area (Å²) in [7, 11) is 1.62. The minimum absolute atomic E-state index is 0. The van der Waals surface area contributed by atoms with E-state index in [1.54, 1.807) is 19.5 Å². The van der Waals surface area contributed by atoms with Crippen molar-refractivity contribution in [3.8, 4) is 11.5 Å². The van der Waals surface area contributed by atoms with Gasteiger partial charge in [-0.2, -0.15) is 0 Å². The fourth-order valence-electron chi connectivity index (χ4n) is 1.96. The molecule has 0 unspecified atom stereocenters. The van der Waals surface area contributed by atoms with Crippen molar-refractivity contribution >= 4 is 36.4 Å². The summed E-state index contributed by atoms with van der Waals surface area (Å²) in [6, 6.07) is 9.17. The summed E-state index contributed by atoms with van der Waals surface area (Å²) in [6.45, 7) is 3.39. The number of pyridine rings is 1. The number of aryl methyl sites for hydroxylation is 1. The number of nitrogens with one attached hydrogen (secondary N) is 2. The summed E-state index contributed by atoms with van der Waals surface area (Å²) >= 11 is 0. The van der Waals surface area contributed by atoms with Crippen LogP contribution in [0.3, 0.4) is 0 Å². The molecule has 0 fully saturated rings. The number of methoxy groups -OCH3 is 1. The van der Waals surface area contributed by atoms with Crippen LogP contribution in [0.1, 0.15) is 5.56 Å². The van der Waals surface area contributed by atoms with E-state index in [0.717, 1.165) is 17.0 Å². The highest BCUT2D eigenvalue weighted by molar-refractivity contribution is 5.92. The molecule has 0 aliphatic heterocycles. The molecule has 2 aromatic rings. The number of halogens is 2. The number of amides is 1. The molecular formula is C17H23Cl2N3O3. The smallest absolute Gasteiger partial charge is 0.238 e. The molecule has 1 amide bonds. The zero-order valence-electron chi connectivity index (χ0n) is 14.2. The van der Waals surface area contributed by atoms with Crippen molar-refractivity contribution in [3.05, 3.63) is 48.3 Å². The predicted octanol–water partition coefficient (Wildman–Crippen LogP) is 3.20. The number of hydrogen-bond acceptors (Lipinski definition) is 5. The standard InChI is InChI=1S/C17H21N3O3.2ClH/c1-13-10-14(20-17(21)12-19-8-9-22-2)5-6-16(13)23-15-4-3-7-18-11-15;;/h3-7,10-11,19H,8-9,12H2,1-2H3,(H,20,21);2*1H. The van der Waals surface area contributed by atoms with Gasteiger partial charge in [-0.05, 0) is 42.8 Å². The Kier molecular flexibility index (Phi) is 11.6. The summed E-state index contributed by atoms with van der Waals surface area (Å²) in [5.41, 5.74) is 1.67. The van der Waals surface area contributed by atoms with Crippen LogP contribution in [0.15, 0.2) is 42.7 Å². The largest absolute Gasteiger partial charge is 0.455 e. The molecular weight excluding hydrogens is 365 g/mol. The van der Waals surface area contributed by atoms with Crippen molar-refractivity contribution < 1.29 is 14.3 Å². The normalized spacial score (nSPS) is 9.52. The van der Waals surface area contributed by atoms with E-state index in [1.807, 2.05) is 37.3 Å². The summed E-state index contributed by atoms with van der Waals surface area (Å²) < 4.78 is 10.7. The molecule has 0 aliphatic carbocycles. The van der Waals surface area contributed by atoms with Crippen LogP contribution < -0.4 is 15.4 Å². The van der Waals surface area contributed by atoms with E-state index in [4.69, 9.17) is 9.47 Å². The minimum Gasteiger partial charge on any atom is -0.455 e. The van der Waals surface area contributed by atoms with Gasteiger partial charge in [0, 0.05) is 25.5 Å². The maximum Gasteiger partial charge on any atom is 0.238 e. The molecule has 0 aliphatic rings. The molecule has 0 atom stereocenters. The van der Waals surface area contributed by atoms with Crippen molar-refractivity contribution in [2.75, 3.05) is 32.1 Å². The molecule has 2 N–H and O–H groups in total. The molecule has 0 bridgehead atoms. The van der Waals surface area contributed by atoms with Gasteiger partial charge in [0.1, 0.15) is 11.5 Å². The number of anilines is 1. The fraction of sp³-hybridized carbons (Fsp3) is 0.294. The fourth-order valence-corrected chi connectivity index (χ4v) is 1.96. The van der Waals surface area contributed by atoms with E-state index in [2.05, 4.69) is 15.6 Å². The van der Waals surface area contributed by atoms with Crippen molar-refractivity contribution in [3.63, 3.8) is 0 Å². The average molecular weight is 388 g/mol. The van der Waals surface area contributed by atoms with Gasteiger partial charge >= 0.3 is 0 Å². The Morgan fingerprint density at radius 2 is 2.04 bits per heavy atom. The monoisotopic (exact) mass is 387 g/mol. The maximum absolute atomic E-state index is 11.8. The summed E-state index contributed by atoms with van der Waals surface area (Å²) in [5.74, 6) is 1.31. The zero-order valence-corrected chi connectivity index (χ0v) is 15.8. The van der Waals surface area contributed by atoms with Gasteiger partial charge in [0.15, 0.2) is 0 Å². The number of carbonyl (C=O) groups excluding carboxylic acids is 1. The first-order valence-corrected chi connectivity index (χ1v) is 7.37. The first-order chi connectivity index (χ1) is 11.2. The van der Waals surface area contributed by atoms with Gasteiger partial charge in [0.05, 0.1) is 19.3 Å². The van der Waals surface area contributed by atoms with Crippen LogP contribution in [0.4, 0.5) is 5.69 Å². The predicted molar refractivity (Wildman–Crippen MR) is 103 cm³/mol. The maximum atomic E-state index is 11.8. The molecule has 1 aromatic heterocycles. The zero-order chi connectivity index (χ0) is 16.5. The molecule has 138 valence electrons. The molecule has 0 radical (unpaired) electrons. The molecule has 25 heavy (non-hydrogen) atoms. The first kappa shape index (κ1) is 23.1. The molecule has 2 rings (SSSR count). The lowest BCUT2D eigenvalue weighted by Crippen LogP contribution is -2.30. The molecule has 1 heterocycles. The summed E-state index contributed by atoms with van der Waals surface area (Å²) in [4.78, 5) is 15.8. The lowest BCUT2D eigenvalue weighted by atomic mass is 10.2. The third kappa shape index (κ3) is 8.18. The second kappa shape index (κ2) is 12.5. The number of benzene rings is 1. The summed E-state index contributed by atoms with van der Waals surface area (Å²) in [6.07, 6.45) is 3.35. The number of nitrogens with zero attached hydrogens (tertiary/aromatic N) is 1. The van der Waals surface area contributed by atoms with E-state index in [-0.39, 0.29) is 37.3 Å². The van der Waals surface area contributed by atoms with E-state index < -0.39 is 0 Å². The van der Waals surface area contributed by atoms with Crippen LogP contribution >= 0.6 is 24.8 Å². The lowest BCUT2D eigenvalue weighted by Gasteiger charge is -2.11. The molecule has 1 aromatic carbocycles. The van der Waals surface area contributed by atoms with Crippen molar-refractivity contribution in [2.45, 2.75) is 6.92 Å². The Balaban J connectivity index is 0.00000288. The van der Waals surface area contributed by atoms with Gasteiger partial charge in [-0.1, -0.05) is 0 Å². The van der Waals surface area contributed by atoms with Crippen molar-refractivity contribution in [2.24, 2.45) is 0 Å². The SMILES string of the molecule is COCCNCC(=O)Nc1ccc(Oc2cccnc2)c(C)c1.Cl.Cl. The molecule has 0 spiro atoms. The highest BCUT2D eigenvalue weighted by Gasteiger charge is 2.06. The van der Waals surface area contributed by atoms with Gasteiger partial charge in [-0.15, -0.1) is 24.8 Å². The van der Waals surface area contributed by atoms with Gasteiger partial charge < -0.3 is 20.1 Å². The number of aromatic nitrogens is 1. The highest BCUT2D eigenvalue weighted by Crippen LogP contribution is 2.26. The molecule has 8 heteroatoms. The van der Waals surface area contributed by atoms with Gasteiger partial charge in [0.2, 0.25) is 5.91 Å². The van der Waals surface area contributed by atoms with Crippen molar-refractivity contribution in [1.82, 2.24) is 10.3 Å². The second-order valence-corrected chi connectivity index (χ2v) is 4.99. The number of ether oxygens (including phenoxy) is 2. The topological polar surface area (TPSA) is 72.5 Å². The molecule has 6 nitrogen and oxygen atoms in total. The Hall–Kier alpha value is -1.86. The number of hydrogen-bond donors (Lipinski definition) is 2. The Labute approximate surface area is 160 Å². The number of rotatable bonds is 8. The van der Waals surface area contributed by atoms with Gasteiger partial charge in [-0.3, -0.25) is 9.78 Å². The van der Waals surface area contributed by atoms with Crippen LogP contribution in [0.5, 0.6) is 11.5 Å². The Morgan fingerprint density at radius 3 is 2.68 bits per heavy atom. The lowest BCUT2D eigenvalue weighted by molar-refractivity contribution is -0.115. The Morgan fingerprint density at radius 1 is 1.24 bits per heavy atom. The first-order valence-electron chi connectivity index (χ1n) is 7.37. The molecule has 0 saturated carbocycles. The van der Waals surface area contributed by atoms with E-state index in [0.29, 0.717) is 18.9 Å². The quantitative estimate of drug-likeness (QED) is 0.680. The van der Waals surface area contributed by atoms with Crippen LogP contribution in [0, 0.1) is 6.92 Å². The van der Waals surface area contributed by atoms with Crippen LogP contribution in [0.25, 0.3) is 0 Å². The van der Waals surface area contributed by atoms with Crippen LogP contribution in [-0.2, 0) is 9.53 Å². The third-order valence-corrected chi connectivity index (χ3v) is 3.09. The average Bonchev–Trinajstić information content (AvgIpc) is 2.55.